The molecule has 1 aromatic heterocycles. The Kier molecular flexibility index (Phi) is 7.91. The third-order valence-electron chi connectivity index (χ3n) is 5.69. The number of ether oxygens (including phenoxy) is 2. The summed E-state index contributed by atoms with van der Waals surface area (Å²) < 4.78 is 16.7. The highest BCUT2D eigenvalue weighted by Crippen LogP contribution is 2.29. The highest BCUT2D eigenvalue weighted by atomic mass is 16.6. The molecule has 6 nitrogen and oxygen atoms in total. The van der Waals surface area contributed by atoms with Gasteiger partial charge in [-0.1, -0.05) is 86.6 Å². The first-order chi connectivity index (χ1) is 16.7. The van der Waals surface area contributed by atoms with Crippen molar-refractivity contribution in [3.05, 3.63) is 77.2 Å². The third kappa shape index (κ3) is 5.81. The van der Waals surface area contributed by atoms with Crippen molar-refractivity contribution in [3.63, 3.8) is 0 Å². The Hall–Kier alpha value is -3.67. The number of hydrogen-bond donors (Lipinski definition) is 0. The summed E-state index contributed by atoms with van der Waals surface area (Å²) in [5, 5.41) is 4.14. The molecule has 0 fully saturated rings. The number of carbonyl (C=O) groups is 1. The summed E-state index contributed by atoms with van der Waals surface area (Å²) in [6.07, 6.45) is 9.11. The number of aliphatic imine (C=N–C) groups is 1. The molecule has 1 aliphatic heterocycles. The molecule has 0 amide bonds. The molecule has 0 spiro atoms. The van der Waals surface area contributed by atoms with Gasteiger partial charge >= 0.3 is 5.97 Å². The molecule has 2 aromatic carbocycles. The fourth-order valence-electron chi connectivity index (χ4n) is 3.82. The summed E-state index contributed by atoms with van der Waals surface area (Å²) in [7, 11) is 0. The molecule has 0 saturated heterocycles. The van der Waals surface area contributed by atoms with Gasteiger partial charge in [-0.2, -0.15) is 0 Å². The van der Waals surface area contributed by atoms with E-state index >= 15 is 0 Å². The molecule has 4 rings (SSSR count). The van der Waals surface area contributed by atoms with Crippen LogP contribution < -0.4 is 4.74 Å². The second-order valence-electron chi connectivity index (χ2n) is 8.35. The summed E-state index contributed by atoms with van der Waals surface area (Å²) >= 11 is 0. The average Bonchev–Trinajstić information content (AvgIpc) is 3.42. The molecule has 0 N–H and O–H groups in total. The molecular formula is C28H30N2O4. The van der Waals surface area contributed by atoms with Crippen LogP contribution in [-0.4, -0.2) is 23.6 Å². The molecule has 34 heavy (non-hydrogen) atoms. The van der Waals surface area contributed by atoms with Crippen molar-refractivity contribution >= 4 is 17.9 Å². The number of cyclic esters (lactones) is 1. The van der Waals surface area contributed by atoms with Crippen LogP contribution in [0.25, 0.3) is 17.3 Å². The summed E-state index contributed by atoms with van der Waals surface area (Å²) in [5.74, 6) is 1.06. The lowest BCUT2D eigenvalue weighted by Crippen LogP contribution is -2.07. The molecule has 176 valence electrons. The lowest BCUT2D eigenvalue weighted by Gasteiger charge is -2.06. The number of unbranched alkanes of at least 4 members (excludes halogenated alkanes) is 5. The fourth-order valence-corrected chi connectivity index (χ4v) is 3.82. The van der Waals surface area contributed by atoms with Crippen molar-refractivity contribution in [2.45, 2.75) is 52.4 Å². The lowest BCUT2D eigenvalue weighted by molar-refractivity contribution is -0.129. The summed E-state index contributed by atoms with van der Waals surface area (Å²) in [4.78, 5) is 16.9. The number of aromatic nitrogens is 1. The van der Waals surface area contributed by atoms with Crippen molar-refractivity contribution in [2.75, 3.05) is 6.61 Å². The molecule has 6 heteroatoms. The maximum Gasteiger partial charge on any atom is 0.363 e. The molecule has 0 atom stereocenters. The van der Waals surface area contributed by atoms with Gasteiger partial charge in [-0.25, -0.2) is 9.79 Å². The first-order valence-electron chi connectivity index (χ1n) is 11.9. The van der Waals surface area contributed by atoms with Crippen LogP contribution in [0.15, 0.2) is 69.8 Å². The number of rotatable bonds is 11. The SMILES string of the molecule is CCCCCCCCOc1ccc(/C=C2\N=C(c3c(-c4ccccc4)noc3C)OC2=O)cc1. The normalized spacial score (nSPS) is 14.4. The minimum atomic E-state index is -0.502. The number of benzene rings is 2. The van der Waals surface area contributed by atoms with E-state index in [1.807, 2.05) is 54.6 Å². The Balaban J connectivity index is 1.41. The van der Waals surface area contributed by atoms with Gasteiger partial charge in [-0.15, -0.1) is 0 Å². The van der Waals surface area contributed by atoms with Crippen LogP contribution in [0.3, 0.4) is 0 Å². The molecule has 0 bridgehead atoms. The highest BCUT2D eigenvalue weighted by Gasteiger charge is 2.30. The van der Waals surface area contributed by atoms with Crippen molar-refractivity contribution < 1.29 is 18.8 Å². The average molecular weight is 459 g/mol. The Morgan fingerprint density at radius 2 is 1.68 bits per heavy atom. The summed E-state index contributed by atoms with van der Waals surface area (Å²) in [6, 6.07) is 17.2. The number of esters is 1. The second kappa shape index (κ2) is 11.5. The van der Waals surface area contributed by atoms with Gasteiger partial charge < -0.3 is 14.0 Å². The van der Waals surface area contributed by atoms with E-state index in [0.717, 1.165) is 23.3 Å². The predicted molar refractivity (Wildman–Crippen MR) is 133 cm³/mol. The topological polar surface area (TPSA) is 73.9 Å². The van der Waals surface area contributed by atoms with Crippen molar-refractivity contribution in [1.82, 2.24) is 5.16 Å². The standard InChI is InChI=1S/C28H30N2O4/c1-3-4-5-6-7-11-18-32-23-16-14-21(15-17-23)19-24-28(31)33-27(29-24)25-20(2)34-30-26(25)22-12-9-8-10-13-22/h8-10,12-17,19H,3-7,11,18H2,1-2H3/b24-19-. The molecular weight excluding hydrogens is 428 g/mol. The summed E-state index contributed by atoms with van der Waals surface area (Å²) in [6.45, 7) is 4.72. The van der Waals surface area contributed by atoms with E-state index in [4.69, 9.17) is 14.0 Å². The molecule has 0 saturated carbocycles. The Morgan fingerprint density at radius 1 is 0.941 bits per heavy atom. The highest BCUT2D eigenvalue weighted by molar-refractivity contribution is 6.15. The van der Waals surface area contributed by atoms with Gasteiger partial charge in [0.2, 0.25) is 5.90 Å². The number of aryl methyl sites for hydroxylation is 1. The monoisotopic (exact) mass is 458 g/mol. The van der Waals surface area contributed by atoms with Crippen LogP contribution in [0, 0.1) is 6.92 Å². The van der Waals surface area contributed by atoms with Crippen LogP contribution >= 0.6 is 0 Å². The first-order valence-corrected chi connectivity index (χ1v) is 11.9. The fraction of sp³-hybridized carbons (Fsp3) is 0.321. The third-order valence-corrected chi connectivity index (χ3v) is 5.69. The molecule has 0 aliphatic carbocycles. The lowest BCUT2D eigenvalue weighted by atomic mass is 10.1. The van der Waals surface area contributed by atoms with Gasteiger partial charge in [0.15, 0.2) is 5.70 Å². The van der Waals surface area contributed by atoms with E-state index in [0.29, 0.717) is 23.6 Å². The largest absolute Gasteiger partial charge is 0.494 e. The Bertz CT molecular complexity index is 1160. The second-order valence-corrected chi connectivity index (χ2v) is 8.35. The molecule has 0 radical (unpaired) electrons. The van der Waals surface area contributed by atoms with Gasteiger partial charge in [0.05, 0.1) is 6.61 Å². The quantitative estimate of drug-likeness (QED) is 0.181. The van der Waals surface area contributed by atoms with E-state index in [-0.39, 0.29) is 11.6 Å². The summed E-state index contributed by atoms with van der Waals surface area (Å²) in [5.41, 5.74) is 3.12. The van der Waals surface area contributed by atoms with Crippen molar-refractivity contribution in [2.24, 2.45) is 4.99 Å². The number of hydrogen-bond acceptors (Lipinski definition) is 6. The van der Waals surface area contributed by atoms with Crippen LogP contribution in [0.5, 0.6) is 5.75 Å². The van der Waals surface area contributed by atoms with E-state index in [9.17, 15) is 4.79 Å². The molecule has 1 aliphatic rings. The van der Waals surface area contributed by atoms with Crippen LogP contribution in [-0.2, 0) is 9.53 Å². The van der Waals surface area contributed by atoms with Crippen molar-refractivity contribution in [1.29, 1.82) is 0 Å². The number of nitrogens with zero attached hydrogens (tertiary/aromatic N) is 2. The van der Waals surface area contributed by atoms with Crippen LogP contribution in [0.2, 0.25) is 0 Å². The molecule has 0 unspecified atom stereocenters. The van der Waals surface area contributed by atoms with Gasteiger partial charge in [-0.3, -0.25) is 0 Å². The van der Waals surface area contributed by atoms with E-state index < -0.39 is 5.97 Å². The van der Waals surface area contributed by atoms with Gasteiger partial charge in [0.1, 0.15) is 22.8 Å². The maximum absolute atomic E-state index is 12.5. The number of carbonyl (C=O) groups excluding carboxylic acids is 1. The minimum absolute atomic E-state index is 0.202. The van der Waals surface area contributed by atoms with Crippen molar-refractivity contribution in [3.8, 4) is 17.0 Å². The van der Waals surface area contributed by atoms with Gasteiger partial charge in [0, 0.05) is 5.56 Å². The zero-order valence-corrected chi connectivity index (χ0v) is 19.8. The predicted octanol–water partition coefficient (Wildman–Crippen LogP) is 6.73. The Morgan fingerprint density at radius 3 is 2.44 bits per heavy atom. The minimum Gasteiger partial charge on any atom is -0.494 e. The Labute approximate surface area is 200 Å². The van der Waals surface area contributed by atoms with Gasteiger partial charge in [0.25, 0.3) is 0 Å². The molecule has 3 aromatic rings. The maximum atomic E-state index is 12.5. The van der Waals surface area contributed by atoms with Crippen LogP contribution in [0.1, 0.15) is 62.3 Å². The van der Waals surface area contributed by atoms with Crippen LogP contribution in [0.4, 0.5) is 0 Å². The van der Waals surface area contributed by atoms with E-state index in [1.54, 1.807) is 13.0 Å². The van der Waals surface area contributed by atoms with E-state index in [2.05, 4.69) is 17.1 Å². The molecule has 2 heterocycles. The zero-order valence-electron chi connectivity index (χ0n) is 19.8. The smallest absolute Gasteiger partial charge is 0.363 e. The van der Waals surface area contributed by atoms with E-state index in [1.165, 1.54) is 32.1 Å². The zero-order chi connectivity index (χ0) is 23.8. The first kappa shape index (κ1) is 23.5. The van der Waals surface area contributed by atoms with Gasteiger partial charge in [-0.05, 0) is 37.1 Å².